The largest absolute Gasteiger partial charge is 0.481 e. The minimum atomic E-state index is 0.378. The van der Waals surface area contributed by atoms with Gasteiger partial charge in [-0.15, -0.1) is 0 Å². The van der Waals surface area contributed by atoms with Crippen LogP contribution in [0, 0.1) is 0 Å². The minimum absolute atomic E-state index is 0.378. The number of ether oxygens (including phenoxy) is 1. The maximum atomic E-state index is 5.88. The molecule has 2 N–H and O–H groups in total. The number of rotatable bonds is 3. The third-order valence-corrected chi connectivity index (χ3v) is 2.51. The Balaban J connectivity index is 2.44. The van der Waals surface area contributed by atoms with Crippen molar-refractivity contribution in [3.63, 3.8) is 0 Å². The fourth-order valence-electron chi connectivity index (χ4n) is 1.50. The lowest BCUT2D eigenvalue weighted by Gasteiger charge is -2.07. The molecular weight excluding hydrogens is 216 g/mol. The van der Waals surface area contributed by atoms with Crippen LogP contribution >= 0.6 is 0 Å². The molecule has 0 unspecified atom stereocenters. The van der Waals surface area contributed by atoms with Gasteiger partial charge in [-0.2, -0.15) is 10.1 Å². The van der Waals surface area contributed by atoms with E-state index in [-0.39, 0.29) is 0 Å². The molecular formula is C12H16N4O. The summed E-state index contributed by atoms with van der Waals surface area (Å²) in [5, 5.41) is 4.43. The molecule has 0 fully saturated rings. The van der Waals surface area contributed by atoms with Crippen LogP contribution in [-0.2, 0) is 0 Å². The predicted molar refractivity (Wildman–Crippen MR) is 66.4 cm³/mol. The van der Waals surface area contributed by atoms with Gasteiger partial charge in [-0.25, -0.2) is 4.68 Å². The van der Waals surface area contributed by atoms with E-state index in [9.17, 15) is 0 Å². The number of nitrogens with zero attached hydrogens (tertiary/aromatic N) is 3. The van der Waals surface area contributed by atoms with Crippen LogP contribution in [0.15, 0.2) is 24.4 Å². The molecule has 0 aliphatic rings. The molecule has 5 nitrogen and oxygen atoms in total. The first-order valence-electron chi connectivity index (χ1n) is 5.48. The number of nitrogen functional groups attached to an aromatic ring is 1. The molecule has 2 aromatic rings. The van der Waals surface area contributed by atoms with E-state index >= 15 is 0 Å². The van der Waals surface area contributed by atoms with E-state index in [0.29, 0.717) is 23.3 Å². The van der Waals surface area contributed by atoms with Gasteiger partial charge in [0.05, 0.1) is 18.5 Å². The molecule has 0 atom stereocenters. The van der Waals surface area contributed by atoms with Gasteiger partial charge in [0.15, 0.2) is 5.82 Å². The summed E-state index contributed by atoms with van der Waals surface area (Å²) >= 11 is 0. The summed E-state index contributed by atoms with van der Waals surface area (Å²) in [5.41, 5.74) is 7.46. The van der Waals surface area contributed by atoms with Crippen molar-refractivity contribution in [3.05, 3.63) is 30.1 Å². The Kier molecular flexibility index (Phi) is 2.99. The highest BCUT2D eigenvalue weighted by Crippen LogP contribution is 2.20. The Hall–Kier alpha value is -2.04. The van der Waals surface area contributed by atoms with E-state index in [1.807, 2.05) is 12.3 Å². The van der Waals surface area contributed by atoms with Gasteiger partial charge < -0.3 is 10.5 Å². The summed E-state index contributed by atoms with van der Waals surface area (Å²) in [4.78, 5) is 4.29. The number of anilines is 1. The lowest BCUT2D eigenvalue weighted by Crippen LogP contribution is -2.05. The summed E-state index contributed by atoms with van der Waals surface area (Å²) in [6, 6.07) is 5.45. The van der Waals surface area contributed by atoms with Crippen LogP contribution in [0.1, 0.15) is 25.5 Å². The van der Waals surface area contributed by atoms with Crippen LogP contribution in [0.25, 0.3) is 5.82 Å². The van der Waals surface area contributed by atoms with Crippen LogP contribution < -0.4 is 10.5 Å². The molecule has 0 spiro atoms. The fraction of sp³-hybridized carbons (Fsp3) is 0.333. The molecule has 90 valence electrons. The van der Waals surface area contributed by atoms with Gasteiger partial charge in [-0.05, 0) is 18.1 Å². The van der Waals surface area contributed by atoms with Gasteiger partial charge in [-0.1, -0.05) is 13.8 Å². The van der Waals surface area contributed by atoms with Crippen molar-refractivity contribution in [2.45, 2.75) is 19.8 Å². The number of aromatic nitrogens is 3. The standard InChI is InChI=1S/C12H16N4O/c1-8(2)10-6-7-16(15-10)12-9(13)4-5-11(14-12)17-3/h4-8H,13H2,1-3H3. The molecule has 2 heterocycles. The molecule has 17 heavy (non-hydrogen) atoms. The number of hydrogen-bond donors (Lipinski definition) is 1. The third-order valence-electron chi connectivity index (χ3n) is 2.51. The van der Waals surface area contributed by atoms with Crippen molar-refractivity contribution in [1.82, 2.24) is 14.8 Å². The number of pyridine rings is 1. The van der Waals surface area contributed by atoms with Gasteiger partial charge in [0, 0.05) is 12.3 Å². The second kappa shape index (κ2) is 4.45. The molecule has 0 aliphatic carbocycles. The second-order valence-corrected chi connectivity index (χ2v) is 4.11. The van der Waals surface area contributed by atoms with Crippen molar-refractivity contribution < 1.29 is 4.74 Å². The molecule has 0 saturated carbocycles. The van der Waals surface area contributed by atoms with Crippen LogP contribution in [0.3, 0.4) is 0 Å². The summed E-state index contributed by atoms with van der Waals surface area (Å²) in [7, 11) is 1.57. The number of hydrogen-bond acceptors (Lipinski definition) is 4. The lowest BCUT2D eigenvalue weighted by atomic mass is 10.1. The van der Waals surface area contributed by atoms with Crippen molar-refractivity contribution in [2.24, 2.45) is 0 Å². The fourth-order valence-corrected chi connectivity index (χ4v) is 1.50. The Labute approximate surface area is 100 Å². The van der Waals surface area contributed by atoms with Crippen LogP contribution in [0.2, 0.25) is 0 Å². The summed E-state index contributed by atoms with van der Waals surface area (Å²) < 4.78 is 6.75. The molecule has 0 bridgehead atoms. The van der Waals surface area contributed by atoms with Gasteiger partial charge >= 0.3 is 0 Å². The van der Waals surface area contributed by atoms with E-state index < -0.39 is 0 Å². The first-order chi connectivity index (χ1) is 8.11. The van der Waals surface area contributed by atoms with Crippen LogP contribution in [0.4, 0.5) is 5.69 Å². The maximum absolute atomic E-state index is 5.88. The van der Waals surface area contributed by atoms with E-state index in [4.69, 9.17) is 10.5 Å². The van der Waals surface area contributed by atoms with Crippen molar-refractivity contribution in [3.8, 4) is 11.7 Å². The van der Waals surface area contributed by atoms with Crippen molar-refractivity contribution >= 4 is 5.69 Å². The predicted octanol–water partition coefficient (Wildman–Crippen LogP) is 1.98. The summed E-state index contributed by atoms with van der Waals surface area (Å²) in [6.45, 7) is 4.18. The third kappa shape index (κ3) is 2.22. The molecule has 5 heteroatoms. The zero-order chi connectivity index (χ0) is 12.4. The first kappa shape index (κ1) is 11.4. The molecule has 0 aromatic carbocycles. The average molecular weight is 232 g/mol. The van der Waals surface area contributed by atoms with Gasteiger partial charge in [0.25, 0.3) is 0 Å². The lowest BCUT2D eigenvalue weighted by molar-refractivity contribution is 0.397. The summed E-state index contributed by atoms with van der Waals surface area (Å²) in [5.74, 6) is 1.50. The molecule has 0 amide bonds. The second-order valence-electron chi connectivity index (χ2n) is 4.11. The Morgan fingerprint density at radius 3 is 2.65 bits per heavy atom. The zero-order valence-corrected chi connectivity index (χ0v) is 10.2. The van der Waals surface area contributed by atoms with Gasteiger partial charge in [-0.3, -0.25) is 0 Å². The molecule has 0 aliphatic heterocycles. The molecule has 2 aromatic heterocycles. The normalized spacial score (nSPS) is 10.8. The SMILES string of the molecule is COc1ccc(N)c(-n2ccc(C(C)C)n2)n1. The maximum Gasteiger partial charge on any atom is 0.215 e. The van der Waals surface area contributed by atoms with E-state index in [1.54, 1.807) is 23.9 Å². The average Bonchev–Trinajstić information content (AvgIpc) is 2.79. The van der Waals surface area contributed by atoms with E-state index in [1.165, 1.54) is 0 Å². The van der Waals surface area contributed by atoms with Crippen molar-refractivity contribution in [1.29, 1.82) is 0 Å². The quantitative estimate of drug-likeness (QED) is 0.878. The zero-order valence-electron chi connectivity index (χ0n) is 10.2. The number of methoxy groups -OCH3 is 1. The topological polar surface area (TPSA) is 66.0 Å². The molecule has 2 rings (SSSR count). The Bertz CT molecular complexity index is 519. The Morgan fingerprint density at radius 2 is 2.06 bits per heavy atom. The molecule has 0 saturated heterocycles. The summed E-state index contributed by atoms with van der Waals surface area (Å²) in [6.07, 6.45) is 1.85. The highest BCUT2D eigenvalue weighted by atomic mass is 16.5. The minimum Gasteiger partial charge on any atom is -0.481 e. The van der Waals surface area contributed by atoms with Gasteiger partial charge in [0.1, 0.15) is 0 Å². The number of nitrogens with two attached hydrogens (primary N) is 1. The van der Waals surface area contributed by atoms with E-state index in [2.05, 4.69) is 23.9 Å². The Morgan fingerprint density at radius 1 is 1.29 bits per heavy atom. The molecule has 0 radical (unpaired) electrons. The van der Waals surface area contributed by atoms with Crippen molar-refractivity contribution in [2.75, 3.05) is 12.8 Å². The van der Waals surface area contributed by atoms with Crippen LogP contribution in [0.5, 0.6) is 5.88 Å². The first-order valence-corrected chi connectivity index (χ1v) is 5.48. The van der Waals surface area contributed by atoms with Crippen LogP contribution in [-0.4, -0.2) is 21.9 Å². The monoisotopic (exact) mass is 232 g/mol. The smallest absolute Gasteiger partial charge is 0.215 e. The van der Waals surface area contributed by atoms with Gasteiger partial charge in [0.2, 0.25) is 5.88 Å². The van der Waals surface area contributed by atoms with E-state index in [0.717, 1.165) is 5.69 Å². The highest BCUT2D eigenvalue weighted by Gasteiger charge is 2.09. The highest BCUT2D eigenvalue weighted by molar-refractivity contribution is 5.53.